The zero-order valence-corrected chi connectivity index (χ0v) is 16.4. The highest BCUT2D eigenvalue weighted by Gasteiger charge is 2.12. The monoisotopic (exact) mass is 409 g/mol. The van der Waals surface area contributed by atoms with Gasteiger partial charge in [-0.15, -0.1) is 10.2 Å². The van der Waals surface area contributed by atoms with E-state index in [1.54, 1.807) is 6.07 Å². The van der Waals surface area contributed by atoms with Gasteiger partial charge < -0.3 is 4.98 Å². The molecule has 0 unspecified atom stereocenters. The first-order chi connectivity index (χ1) is 13.6. The van der Waals surface area contributed by atoms with Crippen molar-refractivity contribution >= 4 is 45.2 Å². The van der Waals surface area contributed by atoms with Crippen LogP contribution in [0.4, 0.5) is 5.13 Å². The van der Waals surface area contributed by atoms with Gasteiger partial charge in [0.2, 0.25) is 5.13 Å². The molecule has 7 nitrogen and oxygen atoms in total. The van der Waals surface area contributed by atoms with E-state index in [1.807, 2.05) is 49.4 Å². The van der Waals surface area contributed by atoms with Gasteiger partial charge in [0.1, 0.15) is 5.69 Å². The van der Waals surface area contributed by atoms with E-state index in [0.717, 1.165) is 11.1 Å². The van der Waals surface area contributed by atoms with E-state index in [4.69, 9.17) is 0 Å². The van der Waals surface area contributed by atoms with Crippen molar-refractivity contribution in [1.82, 2.24) is 20.2 Å². The van der Waals surface area contributed by atoms with Gasteiger partial charge in [-0.1, -0.05) is 52.9 Å². The first-order valence-corrected chi connectivity index (χ1v) is 10.2. The molecular weight excluding hydrogens is 394 g/mol. The SMILES string of the molecule is Cc1cccc(C(=O)Nc2nnc(SCc3nc4ccccc4[nH]c3=O)s2)c1. The number of thioether (sulfide) groups is 1. The van der Waals surface area contributed by atoms with Crippen LogP contribution < -0.4 is 10.9 Å². The highest BCUT2D eigenvalue weighted by atomic mass is 32.2. The number of fused-ring (bicyclic) bond motifs is 1. The number of benzene rings is 2. The van der Waals surface area contributed by atoms with Gasteiger partial charge in [0.25, 0.3) is 11.5 Å². The highest BCUT2D eigenvalue weighted by Crippen LogP contribution is 2.27. The molecule has 0 aliphatic rings. The predicted molar refractivity (Wildman–Crippen MR) is 111 cm³/mol. The van der Waals surface area contributed by atoms with Gasteiger partial charge >= 0.3 is 0 Å². The second-order valence-electron chi connectivity index (χ2n) is 6.02. The summed E-state index contributed by atoms with van der Waals surface area (Å²) in [6.45, 7) is 1.93. The lowest BCUT2D eigenvalue weighted by molar-refractivity contribution is 0.102. The Bertz CT molecular complexity index is 1220. The maximum absolute atomic E-state index is 12.3. The number of aryl methyl sites for hydroxylation is 1. The average Bonchev–Trinajstić information content (AvgIpc) is 3.13. The fraction of sp³-hybridized carbons (Fsp3) is 0.105. The molecule has 1 amide bonds. The number of carbonyl (C=O) groups excluding carboxylic acids is 1. The minimum Gasteiger partial charge on any atom is -0.319 e. The van der Waals surface area contributed by atoms with Gasteiger partial charge in [-0.2, -0.15) is 0 Å². The first kappa shape index (κ1) is 18.3. The Morgan fingerprint density at radius 2 is 2.04 bits per heavy atom. The number of nitrogens with one attached hydrogen (secondary N) is 2. The number of rotatable bonds is 5. The summed E-state index contributed by atoms with van der Waals surface area (Å²) in [5.41, 5.74) is 3.22. The summed E-state index contributed by atoms with van der Waals surface area (Å²) < 4.78 is 0.647. The number of aromatic amines is 1. The molecule has 0 saturated heterocycles. The van der Waals surface area contributed by atoms with E-state index >= 15 is 0 Å². The van der Waals surface area contributed by atoms with Gasteiger partial charge in [-0.25, -0.2) is 4.98 Å². The molecule has 0 aliphatic heterocycles. The van der Waals surface area contributed by atoms with E-state index in [0.29, 0.717) is 32.0 Å². The van der Waals surface area contributed by atoms with Crippen LogP contribution in [0.2, 0.25) is 0 Å². The number of para-hydroxylation sites is 2. The molecule has 140 valence electrons. The maximum Gasteiger partial charge on any atom is 0.271 e. The summed E-state index contributed by atoms with van der Waals surface area (Å²) >= 11 is 2.61. The largest absolute Gasteiger partial charge is 0.319 e. The molecule has 4 rings (SSSR count). The third-order valence-corrected chi connectivity index (χ3v) is 5.89. The number of carbonyl (C=O) groups is 1. The second-order valence-corrected chi connectivity index (χ2v) is 8.22. The molecule has 0 bridgehead atoms. The average molecular weight is 409 g/mol. The van der Waals surface area contributed by atoms with Crippen molar-refractivity contribution in [3.05, 3.63) is 75.7 Å². The number of hydrogen-bond acceptors (Lipinski definition) is 7. The summed E-state index contributed by atoms with van der Waals surface area (Å²) in [5, 5.41) is 11.2. The second kappa shape index (κ2) is 7.91. The van der Waals surface area contributed by atoms with Crippen LogP contribution in [0.5, 0.6) is 0 Å². The van der Waals surface area contributed by atoms with Gasteiger partial charge in [0.15, 0.2) is 4.34 Å². The Balaban J connectivity index is 1.43. The van der Waals surface area contributed by atoms with Crippen LogP contribution in [0.1, 0.15) is 21.6 Å². The van der Waals surface area contributed by atoms with E-state index in [1.165, 1.54) is 23.1 Å². The van der Waals surface area contributed by atoms with Crippen LogP contribution in [-0.2, 0) is 5.75 Å². The van der Waals surface area contributed by atoms with E-state index < -0.39 is 0 Å². The fourth-order valence-corrected chi connectivity index (χ4v) is 4.25. The minimum absolute atomic E-state index is 0.219. The summed E-state index contributed by atoms with van der Waals surface area (Å²) in [6.07, 6.45) is 0. The third kappa shape index (κ3) is 4.10. The molecule has 28 heavy (non-hydrogen) atoms. The predicted octanol–water partition coefficient (Wildman–Crippen LogP) is 3.63. The molecule has 0 spiro atoms. The molecule has 0 radical (unpaired) electrons. The van der Waals surface area contributed by atoms with E-state index in [-0.39, 0.29) is 11.5 Å². The van der Waals surface area contributed by atoms with Crippen LogP contribution in [-0.4, -0.2) is 26.1 Å². The molecule has 2 N–H and O–H groups in total. The molecule has 2 aromatic heterocycles. The van der Waals surface area contributed by atoms with Crippen LogP contribution in [0.3, 0.4) is 0 Å². The fourth-order valence-electron chi connectivity index (χ4n) is 2.57. The number of nitrogens with zero attached hydrogens (tertiary/aromatic N) is 3. The van der Waals surface area contributed by atoms with E-state index in [2.05, 4.69) is 25.5 Å². The molecular formula is C19H15N5O2S2. The van der Waals surface area contributed by atoms with Crippen molar-refractivity contribution in [2.45, 2.75) is 17.0 Å². The summed E-state index contributed by atoms with van der Waals surface area (Å²) in [4.78, 5) is 31.7. The summed E-state index contributed by atoms with van der Waals surface area (Å²) in [7, 11) is 0. The molecule has 2 aromatic carbocycles. The Morgan fingerprint density at radius 3 is 2.89 bits per heavy atom. The smallest absolute Gasteiger partial charge is 0.271 e. The molecule has 2 heterocycles. The summed E-state index contributed by atoms with van der Waals surface area (Å²) in [5.74, 6) is 0.129. The lowest BCUT2D eigenvalue weighted by atomic mass is 10.1. The maximum atomic E-state index is 12.3. The minimum atomic E-state index is -0.232. The normalized spacial score (nSPS) is 10.9. The van der Waals surface area contributed by atoms with E-state index in [9.17, 15) is 9.59 Å². The van der Waals surface area contributed by atoms with Crippen molar-refractivity contribution in [3.8, 4) is 0 Å². The number of anilines is 1. The van der Waals surface area contributed by atoms with Gasteiger partial charge in [0, 0.05) is 11.3 Å². The molecule has 9 heteroatoms. The standard InChI is InChI=1S/C19H15N5O2S2/c1-11-5-4-6-12(9-11)16(25)22-18-23-24-19(28-18)27-10-15-17(26)21-14-8-3-2-7-13(14)20-15/h2-9H,10H2,1H3,(H,21,26)(H,22,23,25). The van der Waals surface area contributed by atoms with Crippen LogP contribution in [0.25, 0.3) is 11.0 Å². The number of hydrogen-bond donors (Lipinski definition) is 2. The Morgan fingerprint density at radius 1 is 1.18 bits per heavy atom. The van der Waals surface area contributed by atoms with Crippen molar-refractivity contribution in [3.63, 3.8) is 0 Å². The Labute approximate surface area is 168 Å². The molecule has 0 aliphatic carbocycles. The van der Waals surface area contributed by atoms with Gasteiger partial charge in [0.05, 0.1) is 11.0 Å². The third-order valence-electron chi connectivity index (χ3n) is 3.91. The number of amides is 1. The van der Waals surface area contributed by atoms with Crippen molar-refractivity contribution in [1.29, 1.82) is 0 Å². The van der Waals surface area contributed by atoms with Gasteiger partial charge in [-0.3, -0.25) is 14.9 Å². The molecule has 4 aromatic rings. The first-order valence-electron chi connectivity index (χ1n) is 8.41. The molecule has 0 fully saturated rings. The zero-order valence-electron chi connectivity index (χ0n) is 14.8. The van der Waals surface area contributed by atoms with Crippen LogP contribution >= 0.6 is 23.1 Å². The molecule has 0 saturated carbocycles. The lowest BCUT2D eigenvalue weighted by Gasteiger charge is -2.02. The Kier molecular flexibility index (Phi) is 5.18. The topological polar surface area (TPSA) is 101 Å². The lowest BCUT2D eigenvalue weighted by Crippen LogP contribution is -2.14. The van der Waals surface area contributed by atoms with Crippen molar-refractivity contribution in [2.75, 3.05) is 5.32 Å². The summed E-state index contributed by atoms with van der Waals surface area (Å²) in [6, 6.07) is 14.7. The van der Waals surface area contributed by atoms with Gasteiger partial charge in [-0.05, 0) is 31.2 Å². The molecule has 0 atom stereocenters. The van der Waals surface area contributed by atoms with Crippen molar-refractivity contribution < 1.29 is 4.79 Å². The van der Waals surface area contributed by atoms with Crippen molar-refractivity contribution in [2.24, 2.45) is 0 Å². The van der Waals surface area contributed by atoms with Crippen LogP contribution in [0.15, 0.2) is 57.7 Å². The number of aromatic nitrogens is 4. The van der Waals surface area contributed by atoms with Crippen LogP contribution in [0, 0.1) is 6.92 Å². The highest BCUT2D eigenvalue weighted by molar-refractivity contribution is 8.00. The zero-order chi connectivity index (χ0) is 19.5. The Hall–Kier alpha value is -3.04. The number of H-pyrrole nitrogens is 1. The quantitative estimate of drug-likeness (QED) is 0.386.